The summed E-state index contributed by atoms with van der Waals surface area (Å²) in [7, 11) is 1.59. The van der Waals surface area contributed by atoms with E-state index in [1.165, 1.54) is 5.56 Å². The van der Waals surface area contributed by atoms with Gasteiger partial charge in [0.1, 0.15) is 18.1 Å². The molecule has 5 heteroatoms. The minimum absolute atomic E-state index is 0.0776. The average molecular weight is 342 g/mol. The molecule has 0 heterocycles. The van der Waals surface area contributed by atoms with Crippen molar-refractivity contribution < 1.29 is 14.3 Å². The van der Waals surface area contributed by atoms with Crippen LogP contribution in [-0.4, -0.2) is 26.3 Å². The van der Waals surface area contributed by atoms with Crippen LogP contribution in [0.1, 0.15) is 26.3 Å². The van der Waals surface area contributed by atoms with Gasteiger partial charge in [0.15, 0.2) is 0 Å². The third-order valence-corrected chi connectivity index (χ3v) is 3.68. The molecular formula is C20H26N2O3. The molecule has 2 aromatic rings. The number of carbonyl (C=O) groups is 1. The van der Waals surface area contributed by atoms with E-state index in [4.69, 9.17) is 9.47 Å². The van der Waals surface area contributed by atoms with Crippen LogP contribution in [0.5, 0.6) is 11.5 Å². The maximum Gasteiger partial charge on any atom is 0.319 e. The topological polar surface area (TPSA) is 59.6 Å². The molecule has 0 unspecified atom stereocenters. The number of rotatable bonds is 6. The summed E-state index contributed by atoms with van der Waals surface area (Å²) >= 11 is 0. The largest absolute Gasteiger partial charge is 0.497 e. The Bertz CT molecular complexity index is 708. The van der Waals surface area contributed by atoms with Crippen molar-refractivity contribution in [2.24, 2.45) is 0 Å². The third kappa shape index (κ3) is 6.03. The molecule has 0 aliphatic heterocycles. The maximum absolute atomic E-state index is 11.9. The summed E-state index contributed by atoms with van der Waals surface area (Å²) in [6.45, 7) is 7.30. The highest BCUT2D eigenvalue weighted by Gasteiger charge is 2.13. The van der Waals surface area contributed by atoms with Crippen LogP contribution in [0, 0.1) is 0 Å². The first-order chi connectivity index (χ1) is 11.9. The lowest BCUT2D eigenvalue weighted by Crippen LogP contribution is -2.32. The molecule has 0 aromatic heterocycles. The van der Waals surface area contributed by atoms with Crippen molar-refractivity contribution in [3.8, 4) is 11.5 Å². The molecule has 0 spiro atoms. The van der Waals surface area contributed by atoms with Crippen LogP contribution in [0.15, 0.2) is 48.5 Å². The van der Waals surface area contributed by atoms with Gasteiger partial charge in [-0.25, -0.2) is 4.79 Å². The quantitative estimate of drug-likeness (QED) is 0.774. The molecule has 2 amide bonds. The summed E-state index contributed by atoms with van der Waals surface area (Å²) in [6.07, 6.45) is 0. The van der Waals surface area contributed by atoms with Crippen molar-refractivity contribution in [1.29, 1.82) is 0 Å². The van der Waals surface area contributed by atoms with Gasteiger partial charge >= 0.3 is 6.03 Å². The van der Waals surface area contributed by atoms with E-state index in [9.17, 15) is 4.79 Å². The molecular weight excluding hydrogens is 316 g/mol. The van der Waals surface area contributed by atoms with Crippen LogP contribution in [0.25, 0.3) is 0 Å². The Labute approximate surface area is 149 Å². The average Bonchev–Trinajstić information content (AvgIpc) is 2.58. The van der Waals surface area contributed by atoms with Gasteiger partial charge in [0.05, 0.1) is 13.7 Å². The number of nitrogens with one attached hydrogen (secondary N) is 2. The maximum atomic E-state index is 11.9. The molecule has 0 radical (unpaired) electrons. The van der Waals surface area contributed by atoms with Crippen LogP contribution in [-0.2, 0) is 5.41 Å². The van der Waals surface area contributed by atoms with Crippen LogP contribution in [0.4, 0.5) is 10.5 Å². The van der Waals surface area contributed by atoms with E-state index < -0.39 is 0 Å². The van der Waals surface area contributed by atoms with Crippen LogP contribution in [0.2, 0.25) is 0 Å². The van der Waals surface area contributed by atoms with Crippen molar-refractivity contribution in [2.75, 3.05) is 25.6 Å². The lowest BCUT2D eigenvalue weighted by molar-refractivity contribution is 0.247. The second kappa shape index (κ2) is 8.42. The van der Waals surface area contributed by atoms with Gasteiger partial charge in [-0.2, -0.15) is 0 Å². The van der Waals surface area contributed by atoms with Crippen LogP contribution in [0.3, 0.4) is 0 Å². The molecule has 5 nitrogen and oxygen atoms in total. The molecule has 2 N–H and O–H groups in total. The minimum Gasteiger partial charge on any atom is -0.497 e. The Hall–Kier alpha value is -2.69. The fraction of sp³-hybridized carbons (Fsp3) is 0.350. The molecule has 0 saturated carbocycles. The second-order valence-corrected chi connectivity index (χ2v) is 6.74. The number of ether oxygens (including phenoxy) is 2. The molecule has 0 fully saturated rings. The monoisotopic (exact) mass is 342 g/mol. The fourth-order valence-corrected chi connectivity index (χ4v) is 2.26. The highest BCUT2D eigenvalue weighted by molar-refractivity contribution is 5.89. The Morgan fingerprint density at radius 2 is 1.76 bits per heavy atom. The van der Waals surface area contributed by atoms with Crippen molar-refractivity contribution in [3.63, 3.8) is 0 Å². The van der Waals surface area contributed by atoms with Gasteiger partial charge < -0.3 is 20.1 Å². The smallest absolute Gasteiger partial charge is 0.319 e. The summed E-state index contributed by atoms with van der Waals surface area (Å²) < 4.78 is 10.8. The first-order valence-corrected chi connectivity index (χ1v) is 8.31. The number of benzene rings is 2. The Balaban J connectivity index is 1.76. The molecule has 0 atom stereocenters. The van der Waals surface area contributed by atoms with Crippen molar-refractivity contribution in [2.45, 2.75) is 26.2 Å². The van der Waals surface area contributed by atoms with Crippen LogP contribution < -0.4 is 20.1 Å². The van der Waals surface area contributed by atoms with Gasteiger partial charge in [0, 0.05) is 11.8 Å². The van der Waals surface area contributed by atoms with Crippen molar-refractivity contribution in [1.82, 2.24) is 5.32 Å². The standard InChI is InChI=1S/C20H26N2O3/c1-20(2,3)15-7-5-10-18(13-15)25-12-11-21-19(23)22-16-8-6-9-17(14-16)24-4/h5-10,13-14H,11-12H2,1-4H3,(H2,21,22,23). The second-order valence-electron chi connectivity index (χ2n) is 6.74. The summed E-state index contributed by atoms with van der Waals surface area (Å²) in [5.41, 5.74) is 1.97. The first-order valence-electron chi connectivity index (χ1n) is 8.31. The lowest BCUT2D eigenvalue weighted by Gasteiger charge is -2.19. The van der Waals surface area contributed by atoms with E-state index in [1.54, 1.807) is 19.2 Å². The van der Waals surface area contributed by atoms with Gasteiger partial charge in [0.25, 0.3) is 0 Å². The molecule has 0 aliphatic carbocycles. The molecule has 0 bridgehead atoms. The number of methoxy groups -OCH3 is 1. The number of hydrogen-bond acceptors (Lipinski definition) is 3. The van der Waals surface area contributed by atoms with E-state index in [1.807, 2.05) is 30.3 Å². The molecule has 0 saturated heterocycles. The predicted molar refractivity (Wildman–Crippen MR) is 101 cm³/mol. The fourth-order valence-electron chi connectivity index (χ4n) is 2.26. The Kier molecular flexibility index (Phi) is 6.28. The van der Waals surface area contributed by atoms with Gasteiger partial charge in [0.2, 0.25) is 0 Å². The van der Waals surface area contributed by atoms with Crippen molar-refractivity contribution >= 4 is 11.7 Å². The van der Waals surface area contributed by atoms with E-state index in [-0.39, 0.29) is 11.4 Å². The first kappa shape index (κ1) is 18.6. The number of carbonyl (C=O) groups excluding carboxylic acids is 1. The minimum atomic E-state index is -0.278. The SMILES string of the molecule is COc1cccc(NC(=O)NCCOc2cccc(C(C)(C)C)c2)c1. The summed E-state index contributed by atoms with van der Waals surface area (Å²) in [6, 6.07) is 15.0. The number of amides is 2. The Morgan fingerprint density at radius 3 is 2.48 bits per heavy atom. The molecule has 0 aliphatic rings. The molecule has 2 rings (SSSR count). The highest BCUT2D eigenvalue weighted by Crippen LogP contribution is 2.25. The van der Waals surface area contributed by atoms with Gasteiger partial charge in [-0.15, -0.1) is 0 Å². The third-order valence-electron chi connectivity index (χ3n) is 3.68. The normalized spacial score (nSPS) is 10.9. The number of urea groups is 1. The zero-order valence-corrected chi connectivity index (χ0v) is 15.3. The molecule has 2 aromatic carbocycles. The van der Waals surface area contributed by atoms with Crippen LogP contribution >= 0.6 is 0 Å². The summed E-state index contributed by atoms with van der Waals surface area (Å²) in [5, 5.41) is 5.53. The summed E-state index contributed by atoms with van der Waals surface area (Å²) in [4.78, 5) is 11.9. The van der Waals surface area contributed by atoms with Gasteiger partial charge in [-0.05, 0) is 35.2 Å². The van der Waals surface area contributed by atoms with E-state index in [0.717, 1.165) is 5.75 Å². The van der Waals surface area contributed by atoms with E-state index in [2.05, 4.69) is 37.5 Å². The van der Waals surface area contributed by atoms with Crippen molar-refractivity contribution in [3.05, 3.63) is 54.1 Å². The predicted octanol–water partition coefficient (Wildman–Crippen LogP) is 4.19. The molecule has 134 valence electrons. The summed E-state index contributed by atoms with van der Waals surface area (Å²) in [5.74, 6) is 1.50. The van der Waals surface area contributed by atoms with Gasteiger partial charge in [-0.1, -0.05) is 39.0 Å². The lowest BCUT2D eigenvalue weighted by atomic mass is 9.87. The molecule has 25 heavy (non-hydrogen) atoms. The van der Waals surface area contributed by atoms with E-state index in [0.29, 0.717) is 24.6 Å². The highest BCUT2D eigenvalue weighted by atomic mass is 16.5. The van der Waals surface area contributed by atoms with E-state index >= 15 is 0 Å². The Morgan fingerprint density at radius 1 is 1.04 bits per heavy atom. The zero-order chi connectivity index (χ0) is 18.3. The van der Waals surface area contributed by atoms with Gasteiger partial charge in [-0.3, -0.25) is 0 Å². The number of hydrogen-bond donors (Lipinski definition) is 2. The number of anilines is 1. The zero-order valence-electron chi connectivity index (χ0n) is 15.3.